The molecule has 1 saturated heterocycles. The highest BCUT2D eigenvalue weighted by Gasteiger charge is 2.08. The van der Waals surface area contributed by atoms with Gasteiger partial charge in [-0.1, -0.05) is 19.3 Å². The van der Waals surface area contributed by atoms with Gasteiger partial charge in [0.1, 0.15) is 0 Å². The normalized spacial score (nSPS) is 22.0. The van der Waals surface area contributed by atoms with Crippen molar-refractivity contribution in [3.8, 4) is 0 Å². The van der Waals surface area contributed by atoms with Crippen molar-refractivity contribution < 1.29 is 0 Å². The van der Waals surface area contributed by atoms with Gasteiger partial charge in [0.15, 0.2) is 0 Å². The highest BCUT2D eigenvalue weighted by molar-refractivity contribution is 4.64. The SMILES string of the molecule is CNC(C)CCCN1CCCCCCC1. The molecule has 0 radical (unpaired) electrons. The van der Waals surface area contributed by atoms with Gasteiger partial charge in [0.05, 0.1) is 0 Å². The maximum Gasteiger partial charge on any atom is 0.00362 e. The summed E-state index contributed by atoms with van der Waals surface area (Å²) < 4.78 is 0. The molecular formula is C13H28N2. The van der Waals surface area contributed by atoms with E-state index in [1.807, 2.05) is 0 Å². The molecule has 1 N–H and O–H groups in total. The molecule has 1 fully saturated rings. The molecular weight excluding hydrogens is 184 g/mol. The minimum absolute atomic E-state index is 0.680. The first-order chi connectivity index (χ1) is 7.33. The Balaban J connectivity index is 2.07. The Morgan fingerprint density at radius 2 is 1.67 bits per heavy atom. The lowest BCUT2D eigenvalue weighted by atomic mass is 10.1. The van der Waals surface area contributed by atoms with Crippen LogP contribution in [0.4, 0.5) is 0 Å². The van der Waals surface area contributed by atoms with Crippen molar-refractivity contribution in [1.82, 2.24) is 10.2 Å². The number of rotatable bonds is 5. The predicted molar refractivity (Wildman–Crippen MR) is 67.3 cm³/mol. The van der Waals surface area contributed by atoms with E-state index in [-0.39, 0.29) is 0 Å². The number of hydrogen-bond donors (Lipinski definition) is 1. The lowest BCUT2D eigenvalue weighted by molar-refractivity contribution is 0.240. The Bertz CT molecular complexity index is 139. The molecule has 0 aliphatic carbocycles. The fraction of sp³-hybridized carbons (Fsp3) is 1.00. The van der Waals surface area contributed by atoms with Crippen molar-refractivity contribution in [1.29, 1.82) is 0 Å². The summed E-state index contributed by atoms with van der Waals surface area (Å²) in [4.78, 5) is 2.67. The van der Waals surface area contributed by atoms with Gasteiger partial charge in [0.25, 0.3) is 0 Å². The van der Waals surface area contributed by atoms with E-state index in [4.69, 9.17) is 0 Å². The number of nitrogens with one attached hydrogen (secondary N) is 1. The van der Waals surface area contributed by atoms with Gasteiger partial charge in [-0.05, 0) is 59.3 Å². The molecule has 1 aliphatic heterocycles. The predicted octanol–water partition coefficient (Wildman–Crippen LogP) is 2.64. The van der Waals surface area contributed by atoms with E-state index in [0.29, 0.717) is 6.04 Å². The van der Waals surface area contributed by atoms with Crippen molar-refractivity contribution in [3.63, 3.8) is 0 Å². The summed E-state index contributed by atoms with van der Waals surface area (Å²) in [6, 6.07) is 0.680. The van der Waals surface area contributed by atoms with Crippen LogP contribution in [0.15, 0.2) is 0 Å². The van der Waals surface area contributed by atoms with Gasteiger partial charge in [-0.25, -0.2) is 0 Å². The van der Waals surface area contributed by atoms with Crippen molar-refractivity contribution in [2.75, 3.05) is 26.7 Å². The largest absolute Gasteiger partial charge is 0.317 e. The first-order valence-corrected chi connectivity index (χ1v) is 6.72. The third kappa shape index (κ3) is 6.16. The molecule has 2 heteroatoms. The van der Waals surface area contributed by atoms with E-state index in [2.05, 4.69) is 24.2 Å². The molecule has 1 rings (SSSR count). The Labute approximate surface area is 95.4 Å². The van der Waals surface area contributed by atoms with Crippen molar-refractivity contribution >= 4 is 0 Å². The molecule has 0 bridgehead atoms. The monoisotopic (exact) mass is 212 g/mol. The second-order valence-electron chi connectivity index (χ2n) is 4.94. The third-order valence-electron chi connectivity index (χ3n) is 3.55. The molecule has 2 nitrogen and oxygen atoms in total. The molecule has 0 saturated carbocycles. The molecule has 1 unspecified atom stereocenters. The van der Waals surface area contributed by atoms with Crippen LogP contribution in [0.3, 0.4) is 0 Å². The van der Waals surface area contributed by atoms with Crippen LogP contribution in [0.5, 0.6) is 0 Å². The second-order valence-corrected chi connectivity index (χ2v) is 4.94. The fourth-order valence-corrected chi connectivity index (χ4v) is 2.30. The molecule has 0 aromatic heterocycles. The van der Waals surface area contributed by atoms with Crippen LogP contribution in [0.25, 0.3) is 0 Å². The molecule has 0 aromatic carbocycles. The molecule has 0 spiro atoms. The number of likely N-dealkylation sites (tertiary alicyclic amines) is 1. The Hall–Kier alpha value is -0.0800. The molecule has 1 heterocycles. The maximum atomic E-state index is 3.31. The third-order valence-corrected chi connectivity index (χ3v) is 3.55. The lowest BCUT2D eigenvalue weighted by Crippen LogP contribution is -2.30. The number of hydrogen-bond acceptors (Lipinski definition) is 2. The van der Waals surface area contributed by atoms with Crippen LogP contribution in [0, 0.1) is 0 Å². The van der Waals surface area contributed by atoms with Crippen LogP contribution >= 0.6 is 0 Å². The van der Waals surface area contributed by atoms with Crippen molar-refractivity contribution in [2.24, 2.45) is 0 Å². The second kappa shape index (κ2) is 8.12. The minimum Gasteiger partial charge on any atom is -0.317 e. The topological polar surface area (TPSA) is 15.3 Å². The first kappa shape index (κ1) is 13.0. The molecule has 90 valence electrons. The average molecular weight is 212 g/mol. The zero-order chi connectivity index (χ0) is 10.9. The highest BCUT2D eigenvalue weighted by Crippen LogP contribution is 2.11. The Kier molecular flexibility index (Phi) is 7.03. The maximum absolute atomic E-state index is 3.31. The van der Waals surface area contributed by atoms with E-state index >= 15 is 0 Å². The van der Waals surface area contributed by atoms with Gasteiger partial charge in [-0.15, -0.1) is 0 Å². The van der Waals surface area contributed by atoms with Gasteiger partial charge in [-0.3, -0.25) is 0 Å². The summed E-state index contributed by atoms with van der Waals surface area (Å²) in [5.74, 6) is 0. The lowest BCUT2D eigenvalue weighted by Gasteiger charge is -2.24. The van der Waals surface area contributed by atoms with Crippen LogP contribution < -0.4 is 5.32 Å². The van der Waals surface area contributed by atoms with Crippen molar-refractivity contribution in [3.05, 3.63) is 0 Å². The van der Waals surface area contributed by atoms with E-state index in [1.54, 1.807) is 0 Å². The molecule has 1 aliphatic rings. The smallest absolute Gasteiger partial charge is 0.00362 e. The Morgan fingerprint density at radius 3 is 2.27 bits per heavy atom. The number of nitrogens with zero attached hydrogens (tertiary/aromatic N) is 1. The van der Waals surface area contributed by atoms with Crippen LogP contribution in [-0.4, -0.2) is 37.6 Å². The highest BCUT2D eigenvalue weighted by atomic mass is 15.1. The van der Waals surface area contributed by atoms with Crippen LogP contribution in [0.1, 0.15) is 51.9 Å². The van der Waals surface area contributed by atoms with E-state index in [0.717, 1.165) is 0 Å². The van der Waals surface area contributed by atoms with Crippen LogP contribution in [0.2, 0.25) is 0 Å². The van der Waals surface area contributed by atoms with Gasteiger partial charge in [0.2, 0.25) is 0 Å². The van der Waals surface area contributed by atoms with E-state index < -0.39 is 0 Å². The summed E-state index contributed by atoms with van der Waals surface area (Å²) in [6.07, 6.45) is 9.86. The molecule has 0 amide bonds. The minimum atomic E-state index is 0.680. The fourth-order valence-electron chi connectivity index (χ4n) is 2.30. The van der Waals surface area contributed by atoms with Crippen molar-refractivity contribution in [2.45, 2.75) is 57.9 Å². The van der Waals surface area contributed by atoms with Crippen LogP contribution in [-0.2, 0) is 0 Å². The summed E-state index contributed by atoms with van der Waals surface area (Å²) in [6.45, 7) is 6.27. The standard InChI is InChI=1S/C13H28N2/c1-13(14-2)9-8-12-15-10-6-4-3-5-7-11-15/h13-14H,3-12H2,1-2H3. The van der Waals surface area contributed by atoms with Gasteiger partial charge in [0, 0.05) is 6.04 Å². The van der Waals surface area contributed by atoms with Gasteiger partial charge >= 0.3 is 0 Å². The average Bonchev–Trinajstić information content (AvgIpc) is 2.20. The zero-order valence-electron chi connectivity index (χ0n) is 10.6. The quantitative estimate of drug-likeness (QED) is 0.753. The van der Waals surface area contributed by atoms with Gasteiger partial charge in [-0.2, -0.15) is 0 Å². The molecule has 0 aromatic rings. The summed E-state index contributed by atoms with van der Waals surface area (Å²) in [5, 5.41) is 3.31. The van der Waals surface area contributed by atoms with E-state index in [1.165, 1.54) is 64.6 Å². The Morgan fingerprint density at radius 1 is 1.07 bits per heavy atom. The molecule has 15 heavy (non-hydrogen) atoms. The molecule has 1 atom stereocenters. The summed E-state index contributed by atoms with van der Waals surface area (Å²) in [7, 11) is 2.06. The van der Waals surface area contributed by atoms with Gasteiger partial charge < -0.3 is 10.2 Å². The summed E-state index contributed by atoms with van der Waals surface area (Å²) >= 11 is 0. The first-order valence-electron chi connectivity index (χ1n) is 6.72. The zero-order valence-corrected chi connectivity index (χ0v) is 10.6. The summed E-state index contributed by atoms with van der Waals surface area (Å²) in [5.41, 5.74) is 0. The van der Waals surface area contributed by atoms with E-state index in [9.17, 15) is 0 Å².